The minimum atomic E-state index is -3.59. The van der Waals surface area contributed by atoms with Gasteiger partial charge in [0.2, 0.25) is 10.0 Å². The monoisotopic (exact) mass is 600 g/mol. The molecule has 0 bridgehead atoms. The van der Waals surface area contributed by atoms with Gasteiger partial charge in [-0.15, -0.1) is 0 Å². The largest absolute Gasteiger partial charge is 0.356 e. The first-order chi connectivity index (χ1) is 19.6. The molecular formula is C28H37ClN8O3S. The SMILES string of the molecule is CN(C)[C@@H]1CCN(c2cc(N3CCC3)nc3cc(C4CCCCN4C(=O)c4cc(Cl)ccc4NS(C)(=O)=O)nn23)C1. The Morgan fingerprint density at radius 3 is 2.51 bits per heavy atom. The minimum Gasteiger partial charge on any atom is -0.356 e. The summed E-state index contributed by atoms with van der Waals surface area (Å²) in [6.07, 6.45) is 5.88. The number of aromatic nitrogens is 3. The number of fused-ring (bicyclic) bond motifs is 1. The van der Waals surface area contributed by atoms with Gasteiger partial charge in [0, 0.05) is 55.9 Å². The maximum absolute atomic E-state index is 14.0. The molecule has 5 heterocycles. The van der Waals surface area contributed by atoms with Gasteiger partial charge in [-0.25, -0.2) is 13.4 Å². The molecular weight excluding hydrogens is 564 g/mol. The van der Waals surface area contributed by atoms with Gasteiger partial charge >= 0.3 is 0 Å². The third-order valence-electron chi connectivity index (χ3n) is 8.42. The summed E-state index contributed by atoms with van der Waals surface area (Å²) in [6, 6.07) is 9.00. The summed E-state index contributed by atoms with van der Waals surface area (Å²) in [5.74, 6) is 1.71. The summed E-state index contributed by atoms with van der Waals surface area (Å²) in [5, 5.41) is 5.43. The molecule has 1 N–H and O–H groups in total. The predicted molar refractivity (Wildman–Crippen MR) is 162 cm³/mol. The van der Waals surface area contributed by atoms with E-state index < -0.39 is 10.0 Å². The first kappa shape index (κ1) is 28.0. The van der Waals surface area contributed by atoms with Crippen molar-refractivity contribution >= 4 is 50.5 Å². The summed E-state index contributed by atoms with van der Waals surface area (Å²) >= 11 is 6.26. The number of sulfonamides is 1. The molecule has 3 saturated heterocycles. The summed E-state index contributed by atoms with van der Waals surface area (Å²) in [4.78, 5) is 27.7. The van der Waals surface area contributed by atoms with Crippen molar-refractivity contribution in [2.45, 2.75) is 44.2 Å². The van der Waals surface area contributed by atoms with Gasteiger partial charge in [0.15, 0.2) is 5.65 Å². The fraction of sp³-hybridized carbons (Fsp3) is 0.536. The standard InChI is InChI=1S/C28H37ClN8O3S/c1-33(2)20-10-14-35(18-20)27-17-25(34-11-6-12-34)30-26-16-23(31-37(26)27)24-7-4-5-13-36(24)28(38)21-15-19(29)8-9-22(21)32-41(3,39)40/h8-9,15-17,20,24,32H,4-7,10-14,18H2,1-3H3/t20-,24?/m1/s1. The highest BCUT2D eigenvalue weighted by Crippen LogP contribution is 2.36. The molecule has 0 aliphatic carbocycles. The Morgan fingerprint density at radius 1 is 1.02 bits per heavy atom. The van der Waals surface area contributed by atoms with Crippen molar-refractivity contribution in [1.29, 1.82) is 0 Å². The van der Waals surface area contributed by atoms with Crippen LogP contribution in [0.15, 0.2) is 30.3 Å². The molecule has 13 heteroatoms. The number of likely N-dealkylation sites (tertiary alicyclic amines) is 1. The third-order valence-corrected chi connectivity index (χ3v) is 9.25. The summed E-state index contributed by atoms with van der Waals surface area (Å²) in [6.45, 7) is 4.39. The number of nitrogens with one attached hydrogen (secondary N) is 1. The molecule has 11 nitrogen and oxygen atoms in total. The molecule has 220 valence electrons. The van der Waals surface area contributed by atoms with Crippen molar-refractivity contribution in [2.75, 3.05) is 67.6 Å². The van der Waals surface area contributed by atoms with Crippen molar-refractivity contribution in [3.8, 4) is 0 Å². The van der Waals surface area contributed by atoms with Crippen LogP contribution in [0.3, 0.4) is 0 Å². The smallest absolute Gasteiger partial charge is 0.256 e. The lowest BCUT2D eigenvalue weighted by Crippen LogP contribution is -2.39. The highest BCUT2D eigenvalue weighted by Gasteiger charge is 2.34. The van der Waals surface area contributed by atoms with Crippen LogP contribution in [0.5, 0.6) is 0 Å². The number of nitrogens with zero attached hydrogens (tertiary/aromatic N) is 7. The summed E-state index contributed by atoms with van der Waals surface area (Å²) in [7, 11) is 0.658. The molecule has 6 rings (SSSR count). The van der Waals surface area contributed by atoms with Crippen LogP contribution < -0.4 is 14.5 Å². The Morgan fingerprint density at radius 2 is 1.83 bits per heavy atom. The van der Waals surface area contributed by atoms with Gasteiger partial charge in [0.1, 0.15) is 11.6 Å². The number of hydrogen-bond acceptors (Lipinski definition) is 8. The van der Waals surface area contributed by atoms with Crippen LogP contribution in [0.1, 0.15) is 54.2 Å². The number of rotatable bonds is 7. The van der Waals surface area contributed by atoms with Crippen molar-refractivity contribution in [3.05, 3.63) is 46.6 Å². The van der Waals surface area contributed by atoms with Crippen LogP contribution in [0.4, 0.5) is 17.3 Å². The zero-order chi connectivity index (χ0) is 28.9. The van der Waals surface area contributed by atoms with Gasteiger partial charge < -0.3 is 19.6 Å². The molecule has 0 spiro atoms. The molecule has 41 heavy (non-hydrogen) atoms. The van der Waals surface area contributed by atoms with Crippen LogP contribution in [0.25, 0.3) is 5.65 Å². The second kappa shape index (κ2) is 11.0. The van der Waals surface area contributed by atoms with E-state index in [1.54, 1.807) is 11.0 Å². The van der Waals surface area contributed by atoms with Crippen molar-refractivity contribution in [3.63, 3.8) is 0 Å². The lowest BCUT2D eigenvalue weighted by Gasteiger charge is -2.35. The number of halogens is 1. The maximum Gasteiger partial charge on any atom is 0.256 e. The van der Waals surface area contributed by atoms with Crippen molar-refractivity contribution in [2.24, 2.45) is 0 Å². The zero-order valence-electron chi connectivity index (χ0n) is 23.8. The number of anilines is 3. The Kier molecular flexibility index (Phi) is 7.50. The van der Waals surface area contributed by atoms with Crippen molar-refractivity contribution < 1.29 is 13.2 Å². The van der Waals surface area contributed by atoms with Gasteiger partial charge in [0.05, 0.1) is 29.2 Å². The number of piperidine rings is 1. The number of carbonyl (C=O) groups excluding carboxylic acids is 1. The lowest BCUT2D eigenvalue weighted by atomic mass is 9.98. The number of hydrogen-bond donors (Lipinski definition) is 1. The van der Waals surface area contributed by atoms with Crippen molar-refractivity contribution in [1.82, 2.24) is 24.4 Å². The zero-order valence-corrected chi connectivity index (χ0v) is 25.3. The van der Waals surface area contributed by atoms with E-state index >= 15 is 0 Å². The quantitative estimate of drug-likeness (QED) is 0.439. The molecule has 2 aromatic heterocycles. The van der Waals surface area contributed by atoms with Gasteiger partial charge in [-0.3, -0.25) is 9.52 Å². The molecule has 0 radical (unpaired) electrons. The van der Waals surface area contributed by atoms with Crippen LogP contribution >= 0.6 is 11.6 Å². The van der Waals surface area contributed by atoms with Gasteiger partial charge in [-0.1, -0.05) is 11.6 Å². The van der Waals surface area contributed by atoms with E-state index in [0.29, 0.717) is 17.6 Å². The van der Waals surface area contributed by atoms with E-state index in [4.69, 9.17) is 21.7 Å². The average Bonchev–Trinajstić information content (AvgIpc) is 3.55. The Hall–Kier alpha value is -3.09. The third kappa shape index (κ3) is 5.69. The first-order valence-electron chi connectivity index (χ1n) is 14.2. The predicted octanol–water partition coefficient (Wildman–Crippen LogP) is 3.47. The molecule has 3 aliphatic rings. The summed E-state index contributed by atoms with van der Waals surface area (Å²) in [5.41, 5.74) is 2.00. The Balaban J connectivity index is 1.38. The van der Waals surface area contributed by atoms with E-state index in [-0.39, 0.29) is 23.2 Å². The minimum absolute atomic E-state index is 0.217. The molecule has 3 fully saturated rings. The van der Waals surface area contributed by atoms with Crippen LogP contribution in [-0.2, 0) is 10.0 Å². The molecule has 1 unspecified atom stereocenters. The number of amides is 1. The van der Waals surface area contributed by atoms with E-state index in [2.05, 4.69) is 39.6 Å². The lowest BCUT2D eigenvalue weighted by molar-refractivity contribution is 0.0607. The van der Waals surface area contributed by atoms with Gasteiger partial charge in [-0.2, -0.15) is 9.61 Å². The number of benzene rings is 1. The normalized spacial score (nSPS) is 21.5. The first-order valence-corrected chi connectivity index (χ1v) is 16.5. The van der Waals surface area contributed by atoms with E-state index in [1.807, 2.05) is 10.6 Å². The molecule has 1 amide bonds. The van der Waals surface area contributed by atoms with E-state index in [1.165, 1.54) is 12.1 Å². The van der Waals surface area contributed by atoms with Crippen LogP contribution in [-0.4, -0.2) is 97.8 Å². The van der Waals surface area contributed by atoms with Gasteiger partial charge in [-0.05, 0) is 64.4 Å². The Bertz CT molecular complexity index is 1570. The highest BCUT2D eigenvalue weighted by atomic mass is 35.5. The summed E-state index contributed by atoms with van der Waals surface area (Å²) < 4.78 is 28.5. The topological polar surface area (TPSA) is 106 Å². The fourth-order valence-corrected chi connectivity index (χ4v) is 6.80. The molecule has 1 aromatic carbocycles. The molecule has 2 atom stereocenters. The Labute approximate surface area is 246 Å². The number of carbonyl (C=O) groups is 1. The fourth-order valence-electron chi connectivity index (χ4n) is 6.05. The molecule has 3 aromatic rings. The van der Waals surface area contributed by atoms with E-state index in [0.717, 1.165) is 87.5 Å². The van der Waals surface area contributed by atoms with E-state index in [9.17, 15) is 13.2 Å². The molecule has 3 aliphatic heterocycles. The second-order valence-electron chi connectivity index (χ2n) is 11.6. The molecule has 0 saturated carbocycles. The van der Waals surface area contributed by atoms with Crippen LogP contribution in [0, 0.1) is 0 Å². The average molecular weight is 601 g/mol. The second-order valence-corrected chi connectivity index (χ2v) is 13.8. The maximum atomic E-state index is 14.0. The van der Waals surface area contributed by atoms with Crippen LogP contribution in [0.2, 0.25) is 5.02 Å². The number of likely N-dealkylation sites (N-methyl/N-ethyl adjacent to an activating group) is 1. The highest BCUT2D eigenvalue weighted by molar-refractivity contribution is 7.92. The van der Waals surface area contributed by atoms with Gasteiger partial charge in [0.25, 0.3) is 5.91 Å².